The summed E-state index contributed by atoms with van der Waals surface area (Å²) in [4.78, 5) is 25.2. The maximum atomic E-state index is 10.5. The Balaban J connectivity index is 1.87. The molecule has 0 amide bonds. The molecule has 0 aliphatic heterocycles. The van der Waals surface area contributed by atoms with Gasteiger partial charge in [0.25, 0.3) is 0 Å². The Morgan fingerprint density at radius 3 is 2.75 bits per heavy atom. The van der Waals surface area contributed by atoms with Crippen LogP contribution in [0.1, 0.15) is 0 Å². The van der Waals surface area contributed by atoms with Crippen molar-refractivity contribution in [3.05, 3.63) is 45.7 Å². The minimum Gasteiger partial charge on any atom is -0.332 e. The maximum absolute atomic E-state index is 10.5. The Bertz CT molecular complexity index is 789. The number of aromatic nitrogens is 4. The second-order valence-corrected chi connectivity index (χ2v) is 5.18. The van der Waals surface area contributed by atoms with Gasteiger partial charge in [0.2, 0.25) is 0 Å². The number of aromatic amines is 1. The number of hydrogen-bond acceptors (Lipinski definition) is 6. The number of imidazole rings is 1. The summed E-state index contributed by atoms with van der Waals surface area (Å²) in [5.41, 5.74) is 1.44. The minimum atomic E-state index is -0.544. The first-order valence-electron chi connectivity index (χ1n) is 5.41. The highest BCUT2D eigenvalue weighted by atomic mass is 35.5. The summed E-state index contributed by atoms with van der Waals surface area (Å²) in [6, 6.07) is 5.32. The molecule has 0 saturated carbocycles. The number of nitrogens with zero attached hydrogens (tertiary/aromatic N) is 4. The zero-order chi connectivity index (χ0) is 14.1. The third kappa shape index (κ3) is 2.56. The Kier molecular flexibility index (Phi) is 3.25. The van der Waals surface area contributed by atoms with E-state index in [0.29, 0.717) is 15.3 Å². The highest BCUT2D eigenvalue weighted by Crippen LogP contribution is 2.26. The molecule has 1 aromatic carbocycles. The fourth-order valence-corrected chi connectivity index (χ4v) is 2.41. The molecule has 0 spiro atoms. The molecule has 0 aliphatic rings. The van der Waals surface area contributed by atoms with E-state index in [4.69, 9.17) is 11.6 Å². The van der Waals surface area contributed by atoms with Gasteiger partial charge in [0.1, 0.15) is 12.4 Å². The van der Waals surface area contributed by atoms with Crippen LogP contribution < -0.4 is 0 Å². The molecule has 100 valence electrons. The average Bonchev–Trinajstić information content (AvgIpc) is 2.80. The first-order valence-corrected chi connectivity index (χ1v) is 6.61. The highest BCUT2D eigenvalue weighted by molar-refractivity contribution is 7.99. The van der Waals surface area contributed by atoms with Crippen LogP contribution >= 0.6 is 23.4 Å². The number of halogens is 1. The third-order valence-corrected chi connectivity index (χ3v) is 3.45. The molecular formula is C11H6ClN5O2S. The lowest BCUT2D eigenvalue weighted by Crippen LogP contribution is -1.92. The summed E-state index contributed by atoms with van der Waals surface area (Å²) < 4.78 is 0. The van der Waals surface area contributed by atoms with E-state index < -0.39 is 4.92 Å². The molecule has 9 heteroatoms. The van der Waals surface area contributed by atoms with Crippen LogP contribution in [0.4, 0.5) is 5.69 Å². The van der Waals surface area contributed by atoms with Crippen molar-refractivity contribution in [3.8, 4) is 0 Å². The van der Waals surface area contributed by atoms with Crippen molar-refractivity contribution >= 4 is 40.1 Å². The Labute approximate surface area is 121 Å². The van der Waals surface area contributed by atoms with E-state index in [0.717, 1.165) is 23.4 Å². The van der Waals surface area contributed by atoms with Crippen LogP contribution in [0, 0.1) is 10.1 Å². The summed E-state index contributed by atoms with van der Waals surface area (Å²) >= 11 is 7.08. The van der Waals surface area contributed by atoms with Crippen LogP contribution in [0.15, 0.2) is 40.9 Å². The van der Waals surface area contributed by atoms with Crippen LogP contribution in [0.5, 0.6) is 0 Å². The lowest BCUT2D eigenvalue weighted by molar-refractivity contribution is -0.385. The molecule has 20 heavy (non-hydrogen) atoms. The lowest BCUT2D eigenvalue weighted by Gasteiger charge is -1.94. The van der Waals surface area contributed by atoms with E-state index >= 15 is 0 Å². The second kappa shape index (κ2) is 5.06. The number of nitrogens with one attached hydrogen (secondary N) is 1. The van der Waals surface area contributed by atoms with Crippen LogP contribution in [0.2, 0.25) is 5.02 Å². The molecule has 3 rings (SSSR count). The molecule has 7 nitrogen and oxygen atoms in total. The van der Waals surface area contributed by atoms with Crippen molar-refractivity contribution in [2.45, 2.75) is 10.3 Å². The Morgan fingerprint density at radius 2 is 2.05 bits per heavy atom. The van der Waals surface area contributed by atoms with E-state index in [1.54, 1.807) is 18.2 Å². The first-order chi connectivity index (χ1) is 9.61. The van der Waals surface area contributed by atoms with Gasteiger partial charge in [-0.05, 0) is 30.0 Å². The number of rotatable bonds is 3. The summed E-state index contributed by atoms with van der Waals surface area (Å²) in [5, 5.41) is 12.1. The lowest BCUT2D eigenvalue weighted by atomic mass is 10.3. The number of nitro groups is 1. The second-order valence-electron chi connectivity index (χ2n) is 3.79. The molecule has 1 N–H and O–H groups in total. The monoisotopic (exact) mass is 307 g/mol. The highest BCUT2D eigenvalue weighted by Gasteiger charge is 2.10. The average molecular weight is 308 g/mol. The predicted octanol–water partition coefficient (Wildman–Crippen LogP) is 3.07. The van der Waals surface area contributed by atoms with Crippen molar-refractivity contribution in [1.82, 2.24) is 19.9 Å². The predicted molar refractivity (Wildman–Crippen MR) is 73.9 cm³/mol. The Morgan fingerprint density at radius 1 is 1.30 bits per heavy atom. The van der Waals surface area contributed by atoms with Crippen LogP contribution in [0.3, 0.4) is 0 Å². The third-order valence-electron chi connectivity index (χ3n) is 2.44. The van der Waals surface area contributed by atoms with Gasteiger partial charge >= 0.3 is 5.69 Å². The largest absolute Gasteiger partial charge is 0.332 e. The molecule has 0 atom stereocenters. The number of hydrogen-bond donors (Lipinski definition) is 1. The zero-order valence-electron chi connectivity index (χ0n) is 9.78. The van der Waals surface area contributed by atoms with Gasteiger partial charge in [0.05, 0.1) is 16.0 Å². The molecule has 0 unspecified atom stereocenters. The number of fused-ring (bicyclic) bond motifs is 1. The van der Waals surface area contributed by atoms with Gasteiger partial charge in [-0.2, -0.15) is 0 Å². The normalized spacial score (nSPS) is 10.8. The van der Waals surface area contributed by atoms with Crippen molar-refractivity contribution in [1.29, 1.82) is 0 Å². The van der Waals surface area contributed by atoms with Crippen LogP contribution in [0.25, 0.3) is 11.0 Å². The van der Waals surface area contributed by atoms with Crippen molar-refractivity contribution in [2.75, 3.05) is 0 Å². The van der Waals surface area contributed by atoms with Gasteiger partial charge in [-0.15, -0.1) is 0 Å². The van der Waals surface area contributed by atoms with E-state index in [1.165, 1.54) is 11.8 Å². The maximum Gasteiger partial charge on any atom is 0.305 e. The van der Waals surface area contributed by atoms with Gasteiger partial charge < -0.3 is 4.98 Å². The fraction of sp³-hybridized carbons (Fsp3) is 0. The number of benzene rings is 1. The SMILES string of the molecule is O=[N+]([O-])c1cnc(Sc2nc3ccc(Cl)cc3[nH]2)nc1. The van der Waals surface area contributed by atoms with Crippen molar-refractivity contribution in [2.24, 2.45) is 0 Å². The summed E-state index contributed by atoms with van der Waals surface area (Å²) in [6.07, 6.45) is 2.32. The molecule has 0 aliphatic carbocycles. The molecular weight excluding hydrogens is 302 g/mol. The molecule has 2 aromatic heterocycles. The van der Waals surface area contributed by atoms with Crippen molar-refractivity contribution < 1.29 is 4.92 Å². The van der Waals surface area contributed by atoms with Crippen molar-refractivity contribution in [3.63, 3.8) is 0 Å². The van der Waals surface area contributed by atoms with Gasteiger partial charge in [-0.1, -0.05) is 11.6 Å². The molecule has 3 aromatic rings. The van der Waals surface area contributed by atoms with E-state index in [9.17, 15) is 10.1 Å². The zero-order valence-corrected chi connectivity index (χ0v) is 11.4. The van der Waals surface area contributed by atoms with Crippen LogP contribution in [-0.2, 0) is 0 Å². The fourth-order valence-electron chi connectivity index (χ4n) is 1.55. The summed E-state index contributed by atoms with van der Waals surface area (Å²) in [6.45, 7) is 0. The van der Waals surface area contributed by atoms with Crippen LogP contribution in [-0.4, -0.2) is 24.9 Å². The number of H-pyrrole nitrogens is 1. The molecule has 0 bridgehead atoms. The molecule has 0 radical (unpaired) electrons. The standard InChI is InChI=1S/C11H6ClN5O2S/c12-6-1-2-8-9(3-6)16-11(15-8)20-10-13-4-7(5-14-10)17(18)19/h1-5H,(H,15,16). The van der Waals surface area contributed by atoms with Gasteiger partial charge in [0, 0.05) is 5.02 Å². The van der Waals surface area contributed by atoms with E-state index in [1.807, 2.05) is 0 Å². The van der Waals surface area contributed by atoms with E-state index in [2.05, 4.69) is 19.9 Å². The molecule has 2 heterocycles. The summed E-state index contributed by atoms with van der Waals surface area (Å²) in [5.74, 6) is 0. The van der Waals surface area contributed by atoms with E-state index in [-0.39, 0.29) is 5.69 Å². The Hall–Kier alpha value is -2.19. The minimum absolute atomic E-state index is 0.147. The molecule has 0 saturated heterocycles. The summed E-state index contributed by atoms with van der Waals surface area (Å²) in [7, 11) is 0. The quantitative estimate of drug-likeness (QED) is 0.453. The first kappa shape index (κ1) is 12.8. The topological polar surface area (TPSA) is 97.6 Å². The molecule has 0 fully saturated rings. The smallest absolute Gasteiger partial charge is 0.305 e. The van der Waals surface area contributed by atoms with Gasteiger partial charge in [-0.25, -0.2) is 15.0 Å². The van der Waals surface area contributed by atoms with Gasteiger partial charge in [0.15, 0.2) is 10.3 Å². The van der Waals surface area contributed by atoms with Gasteiger partial charge in [-0.3, -0.25) is 10.1 Å².